The number of benzene rings is 1. The maximum atomic E-state index is 10.8. The Labute approximate surface area is 96.6 Å². The quantitative estimate of drug-likeness (QED) is 0.744. The van der Waals surface area contributed by atoms with E-state index >= 15 is 0 Å². The summed E-state index contributed by atoms with van der Waals surface area (Å²) in [7, 11) is 0. The average molecular weight is 218 g/mol. The van der Waals surface area contributed by atoms with Gasteiger partial charge in [-0.15, -0.1) is 0 Å². The zero-order chi connectivity index (χ0) is 12.0. The lowest BCUT2D eigenvalue weighted by atomic mass is 9.91. The lowest BCUT2D eigenvalue weighted by Gasteiger charge is -2.14. The minimum atomic E-state index is -0.875. The van der Waals surface area contributed by atoms with E-state index in [1.807, 2.05) is 25.1 Å². The first-order valence-electron chi connectivity index (χ1n) is 5.61. The van der Waals surface area contributed by atoms with Crippen LogP contribution < -0.4 is 0 Å². The number of aliphatic carboxylic acids is 1. The van der Waals surface area contributed by atoms with Crippen molar-refractivity contribution in [2.45, 2.75) is 26.2 Å². The minimum Gasteiger partial charge on any atom is -0.478 e. The van der Waals surface area contributed by atoms with Gasteiger partial charge < -0.3 is 5.11 Å². The molecule has 16 heavy (non-hydrogen) atoms. The molecule has 0 radical (unpaired) electrons. The minimum absolute atomic E-state index is 0.0812. The lowest BCUT2D eigenvalue weighted by molar-refractivity contribution is -0.133. The van der Waals surface area contributed by atoms with Gasteiger partial charge in [0.15, 0.2) is 0 Å². The van der Waals surface area contributed by atoms with E-state index in [1.54, 1.807) is 0 Å². The maximum absolute atomic E-state index is 10.8. The second-order valence-electron chi connectivity index (χ2n) is 3.96. The molecule has 1 atom stereocenters. The van der Waals surface area contributed by atoms with Gasteiger partial charge in [0.1, 0.15) is 0 Å². The van der Waals surface area contributed by atoms with Gasteiger partial charge in [-0.3, -0.25) is 0 Å². The van der Waals surface area contributed by atoms with E-state index in [-0.39, 0.29) is 5.92 Å². The molecule has 0 saturated heterocycles. The van der Waals surface area contributed by atoms with E-state index < -0.39 is 5.97 Å². The topological polar surface area (TPSA) is 37.3 Å². The summed E-state index contributed by atoms with van der Waals surface area (Å²) in [5.74, 6) is -0.794. The van der Waals surface area contributed by atoms with E-state index in [2.05, 4.69) is 18.7 Å². The SMILES string of the molecule is C=C(C(=O)O)C(CC)CCc1ccccc1. The highest BCUT2D eigenvalue weighted by atomic mass is 16.4. The second-order valence-corrected chi connectivity index (χ2v) is 3.96. The molecule has 0 aliphatic heterocycles. The number of aryl methyl sites for hydroxylation is 1. The van der Waals surface area contributed by atoms with Gasteiger partial charge in [0.2, 0.25) is 0 Å². The fourth-order valence-corrected chi connectivity index (χ4v) is 1.78. The highest BCUT2D eigenvalue weighted by molar-refractivity contribution is 5.86. The van der Waals surface area contributed by atoms with Crippen molar-refractivity contribution in [1.29, 1.82) is 0 Å². The monoisotopic (exact) mass is 218 g/mol. The summed E-state index contributed by atoms with van der Waals surface area (Å²) in [6.07, 6.45) is 2.59. The summed E-state index contributed by atoms with van der Waals surface area (Å²) in [5.41, 5.74) is 1.58. The molecule has 1 unspecified atom stereocenters. The number of carbonyl (C=O) groups is 1. The van der Waals surface area contributed by atoms with E-state index in [0.717, 1.165) is 19.3 Å². The zero-order valence-electron chi connectivity index (χ0n) is 9.65. The summed E-state index contributed by atoms with van der Waals surface area (Å²) in [4.78, 5) is 10.8. The second kappa shape index (κ2) is 6.11. The molecule has 1 N–H and O–H groups in total. The molecule has 1 aromatic carbocycles. The Balaban J connectivity index is 2.52. The van der Waals surface area contributed by atoms with Gasteiger partial charge in [-0.2, -0.15) is 0 Å². The predicted molar refractivity (Wildman–Crippen MR) is 65.3 cm³/mol. The summed E-state index contributed by atoms with van der Waals surface area (Å²) in [5, 5.41) is 8.88. The van der Waals surface area contributed by atoms with E-state index in [1.165, 1.54) is 5.56 Å². The number of carboxylic acids is 1. The van der Waals surface area contributed by atoms with Gasteiger partial charge in [0, 0.05) is 5.57 Å². The van der Waals surface area contributed by atoms with Crippen molar-refractivity contribution in [3.8, 4) is 0 Å². The zero-order valence-corrected chi connectivity index (χ0v) is 9.65. The lowest BCUT2D eigenvalue weighted by Crippen LogP contribution is -2.11. The van der Waals surface area contributed by atoms with Crippen molar-refractivity contribution in [3.05, 3.63) is 48.0 Å². The van der Waals surface area contributed by atoms with E-state index in [9.17, 15) is 4.79 Å². The fourth-order valence-electron chi connectivity index (χ4n) is 1.78. The van der Waals surface area contributed by atoms with Crippen LogP contribution in [0.1, 0.15) is 25.3 Å². The first-order chi connectivity index (χ1) is 7.65. The Morgan fingerprint density at radius 2 is 2.00 bits per heavy atom. The number of carboxylic acid groups (broad SMARTS) is 1. The number of hydrogen-bond donors (Lipinski definition) is 1. The Kier molecular flexibility index (Phi) is 4.77. The maximum Gasteiger partial charge on any atom is 0.331 e. The van der Waals surface area contributed by atoms with Crippen LogP contribution in [0, 0.1) is 5.92 Å². The van der Waals surface area contributed by atoms with E-state index in [0.29, 0.717) is 5.57 Å². The van der Waals surface area contributed by atoms with Crippen molar-refractivity contribution in [1.82, 2.24) is 0 Å². The molecule has 0 bridgehead atoms. The molecule has 1 rings (SSSR count). The molecule has 0 saturated carbocycles. The van der Waals surface area contributed by atoms with Gasteiger partial charge in [-0.1, -0.05) is 43.8 Å². The van der Waals surface area contributed by atoms with Crippen molar-refractivity contribution in [3.63, 3.8) is 0 Å². The first-order valence-corrected chi connectivity index (χ1v) is 5.61. The normalized spacial score (nSPS) is 12.1. The van der Waals surface area contributed by atoms with E-state index in [4.69, 9.17) is 5.11 Å². The van der Waals surface area contributed by atoms with Crippen molar-refractivity contribution < 1.29 is 9.90 Å². The smallest absolute Gasteiger partial charge is 0.331 e. The molecule has 86 valence electrons. The van der Waals surface area contributed by atoms with Crippen LogP contribution in [0.4, 0.5) is 0 Å². The Hall–Kier alpha value is -1.57. The third kappa shape index (κ3) is 3.54. The summed E-state index contributed by atoms with van der Waals surface area (Å²) >= 11 is 0. The van der Waals surface area contributed by atoms with Crippen LogP contribution in [0.5, 0.6) is 0 Å². The molecule has 0 amide bonds. The third-order valence-electron chi connectivity index (χ3n) is 2.88. The molecular formula is C14H18O2. The number of rotatable bonds is 6. The van der Waals surface area contributed by atoms with Gasteiger partial charge in [-0.25, -0.2) is 4.79 Å². The summed E-state index contributed by atoms with van der Waals surface area (Å²) < 4.78 is 0. The average Bonchev–Trinajstić information content (AvgIpc) is 2.30. The van der Waals surface area contributed by atoms with Crippen LogP contribution in [0.25, 0.3) is 0 Å². The molecule has 1 aromatic rings. The standard InChI is InChI=1S/C14H18O2/c1-3-13(11(2)14(15)16)10-9-12-7-5-4-6-8-12/h4-8,13H,2-3,9-10H2,1H3,(H,15,16). The summed E-state index contributed by atoms with van der Waals surface area (Å²) in [6, 6.07) is 10.1. The van der Waals surface area contributed by atoms with Crippen LogP contribution in [0.2, 0.25) is 0 Å². The molecule has 0 aromatic heterocycles. The van der Waals surface area contributed by atoms with Crippen LogP contribution in [0.15, 0.2) is 42.5 Å². The molecule has 0 heterocycles. The van der Waals surface area contributed by atoms with Gasteiger partial charge >= 0.3 is 5.97 Å². The molecular weight excluding hydrogens is 200 g/mol. The Morgan fingerprint density at radius 1 is 1.38 bits per heavy atom. The molecule has 2 nitrogen and oxygen atoms in total. The Morgan fingerprint density at radius 3 is 2.50 bits per heavy atom. The Bertz CT molecular complexity index is 354. The summed E-state index contributed by atoms with van der Waals surface area (Å²) in [6.45, 7) is 5.64. The van der Waals surface area contributed by atoms with Crippen LogP contribution in [-0.2, 0) is 11.2 Å². The van der Waals surface area contributed by atoms with Crippen molar-refractivity contribution in [2.24, 2.45) is 5.92 Å². The van der Waals surface area contributed by atoms with Crippen LogP contribution in [-0.4, -0.2) is 11.1 Å². The fraction of sp³-hybridized carbons (Fsp3) is 0.357. The largest absolute Gasteiger partial charge is 0.478 e. The highest BCUT2D eigenvalue weighted by Crippen LogP contribution is 2.20. The van der Waals surface area contributed by atoms with Gasteiger partial charge in [-0.05, 0) is 30.7 Å². The first kappa shape index (κ1) is 12.5. The van der Waals surface area contributed by atoms with Crippen molar-refractivity contribution >= 4 is 5.97 Å². The van der Waals surface area contributed by atoms with Crippen LogP contribution in [0.3, 0.4) is 0 Å². The predicted octanol–water partition coefficient (Wildman–Crippen LogP) is 3.29. The molecule has 0 spiro atoms. The van der Waals surface area contributed by atoms with Crippen LogP contribution >= 0.6 is 0 Å². The molecule has 2 heteroatoms. The molecule has 0 aliphatic rings. The number of hydrogen-bond acceptors (Lipinski definition) is 1. The van der Waals surface area contributed by atoms with Crippen molar-refractivity contribution in [2.75, 3.05) is 0 Å². The highest BCUT2D eigenvalue weighted by Gasteiger charge is 2.16. The van der Waals surface area contributed by atoms with Gasteiger partial charge in [0.05, 0.1) is 0 Å². The van der Waals surface area contributed by atoms with Gasteiger partial charge in [0.25, 0.3) is 0 Å². The molecule has 0 fully saturated rings. The third-order valence-corrected chi connectivity index (χ3v) is 2.88. The molecule has 0 aliphatic carbocycles.